The van der Waals surface area contributed by atoms with E-state index in [4.69, 9.17) is 12.2 Å². The maximum atomic E-state index is 13.1. The summed E-state index contributed by atoms with van der Waals surface area (Å²) in [5.41, 5.74) is 0.0314. The lowest BCUT2D eigenvalue weighted by atomic mass is 10.1. The Morgan fingerprint density at radius 2 is 2.05 bits per heavy atom. The Kier molecular flexibility index (Phi) is 3.87. The summed E-state index contributed by atoms with van der Waals surface area (Å²) in [5.74, 6) is 0. The standard InChI is InChI=1S/C12H10BrF3N2S/c1-2-8-6-17-11(19)18(8)10-4-3-7(13)5-9(10)12(14,15)16/h3-6H,2H2,1H3,(H,17,19). The lowest BCUT2D eigenvalue weighted by molar-refractivity contribution is -0.137. The van der Waals surface area contributed by atoms with Gasteiger partial charge in [0.05, 0.1) is 11.3 Å². The summed E-state index contributed by atoms with van der Waals surface area (Å²) < 4.78 is 41.4. The summed E-state index contributed by atoms with van der Waals surface area (Å²) in [6.07, 6.45) is -2.22. The fourth-order valence-corrected chi connectivity index (χ4v) is 2.49. The molecule has 2 rings (SSSR count). The average molecular weight is 351 g/mol. The van der Waals surface area contributed by atoms with Crippen molar-refractivity contribution in [2.75, 3.05) is 0 Å². The fraction of sp³-hybridized carbons (Fsp3) is 0.250. The number of rotatable bonds is 2. The van der Waals surface area contributed by atoms with E-state index in [1.54, 1.807) is 12.3 Å². The zero-order valence-electron chi connectivity index (χ0n) is 9.88. The number of benzene rings is 1. The summed E-state index contributed by atoms with van der Waals surface area (Å²) in [7, 11) is 0. The Morgan fingerprint density at radius 3 is 2.63 bits per heavy atom. The highest BCUT2D eigenvalue weighted by molar-refractivity contribution is 9.10. The third-order valence-electron chi connectivity index (χ3n) is 2.72. The summed E-state index contributed by atoms with van der Waals surface area (Å²) >= 11 is 8.13. The maximum absolute atomic E-state index is 13.1. The molecule has 0 aliphatic carbocycles. The Hall–Kier alpha value is -1.08. The third-order valence-corrected chi connectivity index (χ3v) is 3.51. The number of H-pyrrole nitrogens is 1. The van der Waals surface area contributed by atoms with E-state index in [1.165, 1.54) is 10.6 Å². The van der Waals surface area contributed by atoms with Gasteiger partial charge in [0.15, 0.2) is 4.77 Å². The lowest BCUT2D eigenvalue weighted by Crippen LogP contribution is -2.12. The van der Waals surface area contributed by atoms with E-state index in [2.05, 4.69) is 20.9 Å². The van der Waals surface area contributed by atoms with E-state index < -0.39 is 11.7 Å². The van der Waals surface area contributed by atoms with Gasteiger partial charge in [0.25, 0.3) is 0 Å². The normalized spacial score (nSPS) is 11.8. The number of hydrogen-bond donors (Lipinski definition) is 1. The minimum absolute atomic E-state index is 0.0406. The van der Waals surface area contributed by atoms with Crippen molar-refractivity contribution < 1.29 is 13.2 Å². The molecule has 0 amide bonds. The molecule has 1 N–H and O–H groups in total. The van der Waals surface area contributed by atoms with Gasteiger partial charge in [0.1, 0.15) is 0 Å². The Labute approximate surface area is 121 Å². The number of imidazole rings is 1. The van der Waals surface area contributed by atoms with E-state index in [9.17, 15) is 13.2 Å². The molecule has 0 aliphatic heterocycles. The van der Waals surface area contributed by atoms with Crippen LogP contribution >= 0.6 is 28.1 Å². The summed E-state index contributed by atoms with van der Waals surface area (Å²) in [6.45, 7) is 1.86. The van der Waals surface area contributed by atoms with Crippen LogP contribution in [0.15, 0.2) is 28.9 Å². The Morgan fingerprint density at radius 1 is 1.37 bits per heavy atom. The number of hydrogen-bond acceptors (Lipinski definition) is 1. The molecule has 2 aromatic rings. The lowest BCUT2D eigenvalue weighted by Gasteiger charge is -2.15. The van der Waals surface area contributed by atoms with Crippen molar-refractivity contribution in [3.05, 3.63) is 44.9 Å². The first-order chi connectivity index (χ1) is 8.84. The van der Waals surface area contributed by atoms with Crippen LogP contribution in [-0.4, -0.2) is 9.55 Å². The van der Waals surface area contributed by atoms with Gasteiger partial charge in [-0.2, -0.15) is 13.2 Å². The molecule has 0 saturated carbocycles. The number of aromatic amines is 1. The monoisotopic (exact) mass is 350 g/mol. The first-order valence-corrected chi connectivity index (χ1v) is 6.71. The minimum atomic E-state index is -4.43. The van der Waals surface area contributed by atoms with Crippen molar-refractivity contribution in [3.8, 4) is 5.69 Å². The molecule has 0 saturated heterocycles. The third kappa shape index (κ3) is 2.76. The van der Waals surface area contributed by atoms with Crippen LogP contribution in [0.25, 0.3) is 5.69 Å². The number of alkyl halides is 3. The molecule has 0 fully saturated rings. The van der Waals surface area contributed by atoms with Crippen molar-refractivity contribution >= 4 is 28.1 Å². The van der Waals surface area contributed by atoms with Crippen molar-refractivity contribution in [1.29, 1.82) is 0 Å². The zero-order valence-corrected chi connectivity index (χ0v) is 12.3. The quantitative estimate of drug-likeness (QED) is 0.765. The van der Waals surface area contributed by atoms with Crippen LogP contribution in [0, 0.1) is 4.77 Å². The molecule has 0 atom stereocenters. The molecule has 2 nitrogen and oxygen atoms in total. The topological polar surface area (TPSA) is 20.7 Å². The second-order valence-corrected chi connectivity index (χ2v) is 5.24. The van der Waals surface area contributed by atoms with Gasteiger partial charge in [-0.3, -0.25) is 4.57 Å². The molecule has 0 radical (unpaired) electrons. The van der Waals surface area contributed by atoms with Crippen LogP contribution in [0.1, 0.15) is 18.2 Å². The number of aryl methyl sites for hydroxylation is 1. The number of halogens is 4. The molecular formula is C12H10BrF3N2S. The first-order valence-electron chi connectivity index (χ1n) is 5.51. The van der Waals surface area contributed by atoms with Crippen LogP contribution < -0.4 is 0 Å². The molecule has 19 heavy (non-hydrogen) atoms. The Bertz CT molecular complexity index is 658. The van der Waals surface area contributed by atoms with Gasteiger partial charge in [0.2, 0.25) is 0 Å². The molecule has 0 unspecified atom stereocenters. The van der Waals surface area contributed by atoms with Crippen molar-refractivity contribution in [2.24, 2.45) is 0 Å². The van der Waals surface area contributed by atoms with Crippen LogP contribution in [0.3, 0.4) is 0 Å². The second kappa shape index (κ2) is 5.13. The van der Waals surface area contributed by atoms with Crippen LogP contribution in [-0.2, 0) is 12.6 Å². The van der Waals surface area contributed by atoms with E-state index in [0.29, 0.717) is 16.6 Å². The van der Waals surface area contributed by atoms with Crippen molar-refractivity contribution in [1.82, 2.24) is 9.55 Å². The van der Waals surface area contributed by atoms with E-state index in [1.807, 2.05) is 6.92 Å². The van der Waals surface area contributed by atoms with E-state index in [0.717, 1.165) is 6.07 Å². The summed E-state index contributed by atoms with van der Waals surface area (Å²) in [4.78, 5) is 2.78. The number of nitrogens with zero attached hydrogens (tertiary/aromatic N) is 1. The van der Waals surface area contributed by atoms with Gasteiger partial charge < -0.3 is 4.98 Å². The molecule has 1 aromatic carbocycles. The average Bonchev–Trinajstić information content (AvgIpc) is 2.69. The Balaban J connectivity index is 2.76. The molecule has 1 aromatic heterocycles. The molecule has 7 heteroatoms. The van der Waals surface area contributed by atoms with Crippen molar-refractivity contribution in [2.45, 2.75) is 19.5 Å². The highest BCUT2D eigenvalue weighted by atomic mass is 79.9. The summed E-state index contributed by atoms with van der Waals surface area (Å²) in [6, 6.07) is 4.04. The predicted molar refractivity (Wildman–Crippen MR) is 73.0 cm³/mol. The van der Waals surface area contributed by atoms with Crippen LogP contribution in [0.4, 0.5) is 13.2 Å². The highest BCUT2D eigenvalue weighted by Crippen LogP contribution is 2.36. The maximum Gasteiger partial charge on any atom is 0.418 e. The van der Waals surface area contributed by atoms with Crippen LogP contribution in [0.2, 0.25) is 0 Å². The highest BCUT2D eigenvalue weighted by Gasteiger charge is 2.34. The minimum Gasteiger partial charge on any atom is -0.337 e. The smallest absolute Gasteiger partial charge is 0.337 e. The van der Waals surface area contributed by atoms with Gasteiger partial charge in [0, 0.05) is 16.4 Å². The van der Waals surface area contributed by atoms with Gasteiger partial charge >= 0.3 is 6.18 Å². The fourth-order valence-electron chi connectivity index (χ4n) is 1.86. The van der Waals surface area contributed by atoms with Gasteiger partial charge in [-0.1, -0.05) is 22.9 Å². The second-order valence-electron chi connectivity index (χ2n) is 3.93. The largest absolute Gasteiger partial charge is 0.418 e. The first kappa shape index (κ1) is 14.3. The number of nitrogens with one attached hydrogen (secondary N) is 1. The SMILES string of the molecule is CCc1c[nH]c(=S)n1-c1ccc(Br)cc1C(F)(F)F. The van der Waals surface area contributed by atoms with Gasteiger partial charge in [-0.25, -0.2) is 0 Å². The molecule has 0 aliphatic rings. The van der Waals surface area contributed by atoms with Crippen molar-refractivity contribution in [3.63, 3.8) is 0 Å². The molecule has 0 bridgehead atoms. The predicted octanol–water partition coefficient (Wildman–Crippen LogP) is 4.88. The van der Waals surface area contributed by atoms with Gasteiger partial charge in [-0.05, 0) is 36.8 Å². The van der Waals surface area contributed by atoms with E-state index >= 15 is 0 Å². The molecule has 1 heterocycles. The molecular weight excluding hydrogens is 341 g/mol. The van der Waals surface area contributed by atoms with Crippen LogP contribution in [0.5, 0.6) is 0 Å². The number of aromatic nitrogens is 2. The zero-order chi connectivity index (χ0) is 14.2. The van der Waals surface area contributed by atoms with E-state index in [-0.39, 0.29) is 10.5 Å². The summed E-state index contributed by atoms with van der Waals surface area (Å²) in [5, 5.41) is 0. The van der Waals surface area contributed by atoms with Gasteiger partial charge in [-0.15, -0.1) is 0 Å². The molecule has 102 valence electrons. The molecule has 0 spiro atoms.